The van der Waals surface area contributed by atoms with E-state index in [-0.39, 0.29) is 0 Å². The van der Waals surface area contributed by atoms with E-state index in [4.69, 9.17) is 4.84 Å². The number of oxime groups is 1. The summed E-state index contributed by atoms with van der Waals surface area (Å²) in [4.78, 5) is 18.1. The lowest BCUT2D eigenvalue weighted by Gasteiger charge is -2.05. The molecule has 3 nitrogen and oxygen atoms in total. The first-order valence-electron chi connectivity index (χ1n) is 7.56. The summed E-state index contributed by atoms with van der Waals surface area (Å²) >= 11 is 1.82. The third-order valence-corrected chi connectivity index (χ3v) is 4.63. The van der Waals surface area contributed by atoms with E-state index in [0.29, 0.717) is 0 Å². The van der Waals surface area contributed by atoms with Crippen LogP contribution in [0.4, 0.5) is 0 Å². The van der Waals surface area contributed by atoms with Crippen molar-refractivity contribution in [2.24, 2.45) is 5.16 Å². The first-order valence-corrected chi connectivity index (χ1v) is 8.55. The summed E-state index contributed by atoms with van der Waals surface area (Å²) in [5.74, 6) is 0.591. The minimum atomic E-state index is -0.462. The molecule has 0 bridgehead atoms. The lowest BCUT2D eigenvalue weighted by Crippen LogP contribution is -2.04. The second-order valence-corrected chi connectivity index (χ2v) is 6.28. The zero-order valence-electron chi connectivity index (χ0n) is 12.6. The number of hydrogen-bond acceptors (Lipinski definition) is 4. The van der Waals surface area contributed by atoms with Gasteiger partial charge in [-0.3, -0.25) is 0 Å². The summed E-state index contributed by atoms with van der Waals surface area (Å²) in [5, 5.41) is 4.10. The first kappa shape index (κ1) is 15.6. The summed E-state index contributed by atoms with van der Waals surface area (Å²) in [5.41, 5.74) is 2.86. The standard InChI is InChI=1S/C19H17NO2S/c21-19(13-12-15-7-2-1-3-8-15)22-20-17-10-6-14-23-18-11-5-4-9-16(17)18/h1-5,7-9,11-13H,6,10,14H2/b13-12-,20-17?. The Labute approximate surface area is 140 Å². The van der Waals surface area contributed by atoms with E-state index in [1.807, 2.05) is 60.3 Å². The molecule has 2 aromatic carbocycles. The highest BCUT2D eigenvalue weighted by molar-refractivity contribution is 7.99. The largest absolute Gasteiger partial charge is 0.358 e. The van der Waals surface area contributed by atoms with Gasteiger partial charge in [0.1, 0.15) is 0 Å². The zero-order valence-corrected chi connectivity index (χ0v) is 13.5. The highest BCUT2D eigenvalue weighted by Crippen LogP contribution is 2.29. The van der Waals surface area contributed by atoms with Crippen molar-refractivity contribution in [2.75, 3.05) is 5.75 Å². The van der Waals surface area contributed by atoms with Gasteiger partial charge in [-0.2, -0.15) is 0 Å². The van der Waals surface area contributed by atoms with Crippen LogP contribution in [0.1, 0.15) is 24.0 Å². The number of rotatable bonds is 3. The Bertz CT molecular complexity index is 738. The van der Waals surface area contributed by atoms with Crippen molar-refractivity contribution in [3.05, 3.63) is 71.8 Å². The van der Waals surface area contributed by atoms with Crippen LogP contribution in [0.25, 0.3) is 6.08 Å². The highest BCUT2D eigenvalue weighted by Gasteiger charge is 2.14. The maximum absolute atomic E-state index is 11.8. The molecule has 0 aromatic heterocycles. The molecule has 3 rings (SSSR count). The monoisotopic (exact) mass is 323 g/mol. The van der Waals surface area contributed by atoms with Crippen molar-refractivity contribution < 1.29 is 9.63 Å². The fraction of sp³-hybridized carbons (Fsp3) is 0.158. The quantitative estimate of drug-likeness (QED) is 0.473. The summed E-state index contributed by atoms with van der Waals surface area (Å²) in [6.07, 6.45) is 4.96. The number of benzene rings is 2. The number of thioether (sulfide) groups is 1. The van der Waals surface area contributed by atoms with Crippen molar-refractivity contribution in [1.29, 1.82) is 0 Å². The molecule has 0 saturated heterocycles. The number of carbonyl (C=O) groups excluding carboxylic acids is 1. The average molecular weight is 323 g/mol. The molecule has 116 valence electrons. The van der Waals surface area contributed by atoms with E-state index < -0.39 is 5.97 Å². The molecule has 1 aliphatic rings. The Morgan fingerprint density at radius 1 is 1.09 bits per heavy atom. The Morgan fingerprint density at radius 3 is 2.74 bits per heavy atom. The fourth-order valence-electron chi connectivity index (χ4n) is 2.34. The summed E-state index contributed by atoms with van der Waals surface area (Å²) in [7, 11) is 0. The maximum atomic E-state index is 11.8. The molecule has 0 radical (unpaired) electrons. The van der Waals surface area contributed by atoms with Crippen LogP contribution < -0.4 is 0 Å². The van der Waals surface area contributed by atoms with Gasteiger partial charge in [0.05, 0.1) is 5.71 Å². The number of fused-ring (bicyclic) bond motifs is 1. The van der Waals surface area contributed by atoms with Gasteiger partial charge in [-0.1, -0.05) is 53.7 Å². The smallest absolute Gasteiger partial charge is 0.313 e. The van der Waals surface area contributed by atoms with Crippen molar-refractivity contribution in [3.8, 4) is 0 Å². The third-order valence-electron chi connectivity index (χ3n) is 3.47. The van der Waals surface area contributed by atoms with E-state index in [2.05, 4.69) is 11.2 Å². The van der Waals surface area contributed by atoms with Gasteiger partial charge in [0, 0.05) is 16.5 Å². The van der Waals surface area contributed by atoms with Gasteiger partial charge in [0.25, 0.3) is 0 Å². The van der Waals surface area contributed by atoms with Crippen molar-refractivity contribution in [2.45, 2.75) is 17.7 Å². The molecule has 0 fully saturated rings. The fourth-order valence-corrected chi connectivity index (χ4v) is 3.37. The number of carbonyl (C=O) groups is 1. The predicted molar refractivity (Wildman–Crippen MR) is 94.5 cm³/mol. The first-order chi connectivity index (χ1) is 11.3. The molecule has 0 unspecified atom stereocenters. The zero-order chi connectivity index (χ0) is 15.9. The van der Waals surface area contributed by atoms with Crippen LogP contribution >= 0.6 is 11.8 Å². The second kappa shape index (κ2) is 7.79. The molecule has 0 aliphatic carbocycles. The topological polar surface area (TPSA) is 38.7 Å². The molecule has 23 heavy (non-hydrogen) atoms. The summed E-state index contributed by atoms with van der Waals surface area (Å²) < 4.78 is 0. The van der Waals surface area contributed by atoms with Crippen LogP contribution in [0, 0.1) is 0 Å². The van der Waals surface area contributed by atoms with Crippen LogP contribution in [0.5, 0.6) is 0 Å². The molecule has 0 atom stereocenters. The number of nitrogens with zero attached hydrogens (tertiary/aromatic N) is 1. The minimum absolute atomic E-state index is 0.462. The normalized spacial score (nSPS) is 16.1. The highest BCUT2D eigenvalue weighted by atomic mass is 32.2. The van der Waals surface area contributed by atoms with Crippen LogP contribution in [0.15, 0.2) is 70.7 Å². The Balaban J connectivity index is 1.70. The third kappa shape index (κ3) is 4.33. The van der Waals surface area contributed by atoms with Crippen molar-refractivity contribution >= 4 is 29.5 Å². The molecule has 1 aliphatic heterocycles. The van der Waals surface area contributed by atoms with Crippen LogP contribution in [0.3, 0.4) is 0 Å². The Kier molecular flexibility index (Phi) is 5.27. The second-order valence-electron chi connectivity index (χ2n) is 5.14. The molecule has 1 heterocycles. The molecule has 0 N–H and O–H groups in total. The lowest BCUT2D eigenvalue weighted by molar-refractivity contribution is -0.137. The van der Waals surface area contributed by atoms with E-state index in [1.54, 1.807) is 6.08 Å². The predicted octanol–water partition coefficient (Wildman–Crippen LogP) is 4.53. The van der Waals surface area contributed by atoms with Gasteiger partial charge in [-0.15, -0.1) is 11.8 Å². The van der Waals surface area contributed by atoms with Gasteiger partial charge >= 0.3 is 5.97 Å². The number of hydrogen-bond donors (Lipinski definition) is 0. The van der Waals surface area contributed by atoms with Crippen LogP contribution in [-0.2, 0) is 9.63 Å². The van der Waals surface area contributed by atoms with Gasteiger partial charge in [0.15, 0.2) is 0 Å². The molecule has 2 aromatic rings. The van der Waals surface area contributed by atoms with Gasteiger partial charge in [-0.25, -0.2) is 4.79 Å². The Morgan fingerprint density at radius 2 is 1.87 bits per heavy atom. The van der Waals surface area contributed by atoms with Crippen molar-refractivity contribution in [3.63, 3.8) is 0 Å². The van der Waals surface area contributed by atoms with E-state index in [9.17, 15) is 4.79 Å². The van der Waals surface area contributed by atoms with Gasteiger partial charge < -0.3 is 4.84 Å². The summed E-state index contributed by atoms with van der Waals surface area (Å²) in [6.45, 7) is 0. The van der Waals surface area contributed by atoms with Crippen LogP contribution in [-0.4, -0.2) is 17.4 Å². The molecule has 0 spiro atoms. The lowest BCUT2D eigenvalue weighted by atomic mass is 10.1. The summed E-state index contributed by atoms with van der Waals surface area (Å²) in [6, 6.07) is 17.7. The molecule has 0 saturated carbocycles. The molecular formula is C19H17NO2S. The minimum Gasteiger partial charge on any atom is -0.313 e. The molecular weight excluding hydrogens is 306 g/mol. The maximum Gasteiger partial charge on any atom is 0.358 e. The van der Waals surface area contributed by atoms with Crippen molar-refractivity contribution in [1.82, 2.24) is 0 Å². The Hall–Kier alpha value is -2.33. The van der Waals surface area contributed by atoms with E-state index >= 15 is 0 Å². The molecule has 4 heteroatoms. The van der Waals surface area contributed by atoms with E-state index in [1.165, 1.54) is 11.0 Å². The molecule has 0 amide bonds. The van der Waals surface area contributed by atoms with Gasteiger partial charge in [-0.05, 0) is 36.3 Å². The average Bonchev–Trinajstić information content (AvgIpc) is 2.81. The SMILES string of the molecule is O=C(/C=C\c1ccccc1)ON=C1CCCSc2ccccc21. The van der Waals surface area contributed by atoms with Gasteiger partial charge in [0.2, 0.25) is 0 Å². The van der Waals surface area contributed by atoms with E-state index in [0.717, 1.165) is 35.4 Å². The van der Waals surface area contributed by atoms with Crippen LogP contribution in [0.2, 0.25) is 0 Å².